The number of amides is 1. The molecule has 1 aliphatic rings. The molecule has 172 valence electrons. The Balaban J connectivity index is 1.32. The van der Waals surface area contributed by atoms with Crippen LogP contribution < -0.4 is 9.64 Å². The first-order valence-corrected chi connectivity index (χ1v) is 11.7. The third kappa shape index (κ3) is 4.19. The van der Waals surface area contributed by atoms with Crippen molar-refractivity contribution in [2.24, 2.45) is 0 Å². The number of carbonyl (C=O) groups excluding carboxylic acids is 1. The predicted molar refractivity (Wildman–Crippen MR) is 135 cm³/mol. The average molecular weight is 453 g/mol. The molecule has 0 radical (unpaired) electrons. The second-order valence-electron chi connectivity index (χ2n) is 8.46. The van der Waals surface area contributed by atoms with Gasteiger partial charge in [0.2, 0.25) is 0 Å². The van der Waals surface area contributed by atoms with E-state index in [2.05, 4.69) is 34.2 Å². The third-order valence-corrected chi connectivity index (χ3v) is 6.37. The van der Waals surface area contributed by atoms with Gasteiger partial charge in [0.15, 0.2) is 5.82 Å². The van der Waals surface area contributed by atoms with Gasteiger partial charge < -0.3 is 14.5 Å². The van der Waals surface area contributed by atoms with Crippen LogP contribution in [0.1, 0.15) is 22.8 Å². The standard InChI is InChI=1S/C28H28N4O2/c1-3-34-25-14-12-21-9-5-7-11-23(21)27(25)28(33)32-18-16-31(17-19-32)26-15-13-24(29-30-26)22-10-6-4-8-20(22)2/h4-15H,3,16-19H2,1-2H3. The third-order valence-electron chi connectivity index (χ3n) is 6.37. The summed E-state index contributed by atoms with van der Waals surface area (Å²) in [5, 5.41) is 10.9. The molecule has 1 fully saturated rings. The topological polar surface area (TPSA) is 58.6 Å². The number of rotatable bonds is 5. The first-order valence-electron chi connectivity index (χ1n) is 11.7. The van der Waals surface area contributed by atoms with Gasteiger partial charge in [-0.3, -0.25) is 4.79 Å². The van der Waals surface area contributed by atoms with E-state index in [0.717, 1.165) is 27.8 Å². The zero-order chi connectivity index (χ0) is 23.5. The number of fused-ring (bicyclic) bond motifs is 1. The van der Waals surface area contributed by atoms with Crippen molar-refractivity contribution in [2.45, 2.75) is 13.8 Å². The maximum absolute atomic E-state index is 13.6. The first kappa shape index (κ1) is 21.9. The van der Waals surface area contributed by atoms with Crippen molar-refractivity contribution in [1.82, 2.24) is 15.1 Å². The van der Waals surface area contributed by atoms with Crippen molar-refractivity contribution in [3.05, 3.63) is 83.9 Å². The van der Waals surface area contributed by atoms with Crippen LogP contribution in [0, 0.1) is 6.92 Å². The van der Waals surface area contributed by atoms with Crippen molar-refractivity contribution in [3.8, 4) is 17.0 Å². The molecule has 5 rings (SSSR count). The number of piperazine rings is 1. The molecule has 1 aromatic heterocycles. The van der Waals surface area contributed by atoms with Gasteiger partial charge in [-0.05, 0) is 48.4 Å². The van der Waals surface area contributed by atoms with Crippen LogP contribution in [0.3, 0.4) is 0 Å². The van der Waals surface area contributed by atoms with E-state index in [1.54, 1.807) is 0 Å². The fourth-order valence-electron chi connectivity index (χ4n) is 4.54. The number of aromatic nitrogens is 2. The highest BCUT2D eigenvalue weighted by atomic mass is 16.5. The number of hydrogen-bond acceptors (Lipinski definition) is 5. The lowest BCUT2D eigenvalue weighted by Gasteiger charge is -2.35. The van der Waals surface area contributed by atoms with Gasteiger partial charge in [0.25, 0.3) is 5.91 Å². The largest absolute Gasteiger partial charge is 0.493 e. The van der Waals surface area contributed by atoms with Gasteiger partial charge in [-0.25, -0.2) is 0 Å². The first-order chi connectivity index (χ1) is 16.7. The highest BCUT2D eigenvalue weighted by Gasteiger charge is 2.26. The number of benzene rings is 3. The summed E-state index contributed by atoms with van der Waals surface area (Å²) >= 11 is 0. The van der Waals surface area contributed by atoms with E-state index in [1.807, 2.05) is 72.5 Å². The van der Waals surface area contributed by atoms with E-state index >= 15 is 0 Å². The average Bonchev–Trinajstić information content (AvgIpc) is 2.89. The van der Waals surface area contributed by atoms with Gasteiger partial charge in [0, 0.05) is 31.7 Å². The number of anilines is 1. The SMILES string of the molecule is CCOc1ccc2ccccc2c1C(=O)N1CCN(c2ccc(-c3ccccc3C)nn2)CC1. The van der Waals surface area contributed by atoms with Gasteiger partial charge in [0.1, 0.15) is 5.75 Å². The molecule has 3 aromatic carbocycles. The van der Waals surface area contributed by atoms with Gasteiger partial charge in [-0.1, -0.05) is 54.6 Å². The van der Waals surface area contributed by atoms with Crippen LogP contribution in [-0.2, 0) is 0 Å². The molecule has 1 amide bonds. The second-order valence-corrected chi connectivity index (χ2v) is 8.46. The molecule has 0 unspecified atom stereocenters. The lowest BCUT2D eigenvalue weighted by atomic mass is 10.0. The molecule has 0 aliphatic carbocycles. The maximum atomic E-state index is 13.6. The Morgan fingerprint density at radius 1 is 0.882 bits per heavy atom. The van der Waals surface area contributed by atoms with Gasteiger partial charge in [0.05, 0.1) is 17.9 Å². The van der Waals surface area contributed by atoms with Gasteiger partial charge >= 0.3 is 0 Å². The molecule has 2 heterocycles. The number of nitrogens with zero attached hydrogens (tertiary/aromatic N) is 4. The summed E-state index contributed by atoms with van der Waals surface area (Å²) in [6, 6.07) is 24.1. The van der Waals surface area contributed by atoms with Crippen molar-refractivity contribution in [3.63, 3.8) is 0 Å². The molecule has 34 heavy (non-hydrogen) atoms. The monoisotopic (exact) mass is 452 g/mol. The van der Waals surface area contributed by atoms with E-state index < -0.39 is 0 Å². The van der Waals surface area contributed by atoms with E-state index in [0.29, 0.717) is 44.1 Å². The van der Waals surface area contributed by atoms with Crippen molar-refractivity contribution < 1.29 is 9.53 Å². The lowest BCUT2D eigenvalue weighted by molar-refractivity contribution is 0.0744. The van der Waals surface area contributed by atoms with Crippen LogP contribution in [0.4, 0.5) is 5.82 Å². The fraction of sp³-hybridized carbons (Fsp3) is 0.250. The molecule has 0 saturated carbocycles. The highest BCUT2D eigenvalue weighted by Crippen LogP contribution is 2.30. The molecule has 0 bridgehead atoms. The minimum absolute atomic E-state index is 0.0147. The molecule has 0 spiro atoms. The van der Waals surface area contributed by atoms with E-state index in [1.165, 1.54) is 5.56 Å². The molecule has 0 N–H and O–H groups in total. The minimum Gasteiger partial charge on any atom is -0.493 e. The fourth-order valence-corrected chi connectivity index (χ4v) is 4.54. The summed E-state index contributed by atoms with van der Waals surface area (Å²) in [7, 11) is 0. The predicted octanol–water partition coefficient (Wildman–Crippen LogP) is 4.97. The summed E-state index contributed by atoms with van der Waals surface area (Å²) in [6.45, 7) is 7.19. The lowest BCUT2D eigenvalue weighted by Crippen LogP contribution is -2.49. The molecule has 4 aromatic rings. The summed E-state index contributed by atoms with van der Waals surface area (Å²) in [6.07, 6.45) is 0. The number of ether oxygens (including phenoxy) is 1. The number of hydrogen-bond donors (Lipinski definition) is 0. The molecule has 1 aliphatic heterocycles. The molecule has 1 saturated heterocycles. The summed E-state index contributed by atoms with van der Waals surface area (Å²) in [5.41, 5.74) is 3.79. The van der Waals surface area contributed by atoms with Crippen LogP contribution in [-0.4, -0.2) is 53.8 Å². The molecular formula is C28H28N4O2. The van der Waals surface area contributed by atoms with Crippen molar-refractivity contribution in [1.29, 1.82) is 0 Å². The molecule has 6 heteroatoms. The molecule has 6 nitrogen and oxygen atoms in total. The Hall–Kier alpha value is -3.93. The second kappa shape index (κ2) is 9.51. The number of carbonyl (C=O) groups is 1. The zero-order valence-electron chi connectivity index (χ0n) is 19.6. The summed E-state index contributed by atoms with van der Waals surface area (Å²) in [5.74, 6) is 1.50. The Labute approximate surface area is 199 Å². The van der Waals surface area contributed by atoms with Crippen LogP contribution >= 0.6 is 0 Å². The minimum atomic E-state index is 0.0147. The normalized spacial score (nSPS) is 13.8. The van der Waals surface area contributed by atoms with E-state index in [9.17, 15) is 4.79 Å². The Morgan fingerprint density at radius 2 is 1.65 bits per heavy atom. The van der Waals surface area contributed by atoms with Crippen LogP contribution in [0.5, 0.6) is 5.75 Å². The Kier molecular flexibility index (Phi) is 6.12. The maximum Gasteiger partial charge on any atom is 0.258 e. The Morgan fingerprint density at radius 3 is 2.38 bits per heavy atom. The summed E-state index contributed by atoms with van der Waals surface area (Å²) in [4.78, 5) is 17.7. The summed E-state index contributed by atoms with van der Waals surface area (Å²) < 4.78 is 5.83. The smallest absolute Gasteiger partial charge is 0.258 e. The highest BCUT2D eigenvalue weighted by molar-refractivity contribution is 6.09. The van der Waals surface area contributed by atoms with Gasteiger partial charge in [-0.2, -0.15) is 0 Å². The van der Waals surface area contributed by atoms with Crippen LogP contribution in [0.25, 0.3) is 22.0 Å². The van der Waals surface area contributed by atoms with Crippen LogP contribution in [0.2, 0.25) is 0 Å². The number of aryl methyl sites for hydroxylation is 1. The van der Waals surface area contributed by atoms with Gasteiger partial charge in [-0.15, -0.1) is 10.2 Å². The quantitative estimate of drug-likeness (QED) is 0.428. The van der Waals surface area contributed by atoms with Crippen molar-refractivity contribution >= 4 is 22.5 Å². The zero-order valence-corrected chi connectivity index (χ0v) is 19.6. The van der Waals surface area contributed by atoms with E-state index in [4.69, 9.17) is 4.74 Å². The molecular weight excluding hydrogens is 424 g/mol. The Bertz CT molecular complexity index is 1310. The molecule has 0 atom stereocenters. The van der Waals surface area contributed by atoms with E-state index in [-0.39, 0.29) is 5.91 Å². The van der Waals surface area contributed by atoms with Crippen molar-refractivity contribution in [2.75, 3.05) is 37.7 Å². The van der Waals surface area contributed by atoms with Crippen LogP contribution in [0.15, 0.2) is 72.8 Å².